The molecule has 0 saturated heterocycles. The van der Waals surface area contributed by atoms with Gasteiger partial charge in [0.15, 0.2) is 0 Å². The number of rotatable bonds is 3. The second-order valence-corrected chi connectivity index (χ2v) is 5.81. The van der Waals surface area contributed by atoms with Gasteiger partial charge in [0, 0.05) is 11.1 Å². The normalized spacial score (nSPS) is 12.9. The van der Waals surface area contributed by atoms with E-state index in [2.05, 4.69) is 5.32 Å². The summed E-state index contributed by atoms with van der Waals surface area (Å²) in [5.74, 6) is 0. The van der Waals surface area contributed by atoms with Crippen LogP contribution in [0.5, 0.6) is 0 Å². The first kappa shape index (κ1) is 14.8. The van der Waals surface area contributed by atoms with Crippen LogP contribution in [0.3, 0.4) is 0 Å². The van der Waals surface area contributed by atoms with Gasteiger partial charge >= 0.3 is 6.09 Å². The van der Waals surface area contributed by atoms with E-state index in [9.17, 15) is 4.79 Å². The Kier molecular flexibility index (Phi) is 5.03. The number of hydrogen-bond donors (Lipinski definition) is 1. The standard InChI is InChI=1S/C14H20ClNO2/c1-10(16-13(17)18-14(2,3)4)9-11-5-7-12(15)8-6-11/h5-8,10H,9H2,1-4H3,(H,16,17)/t10-/m1/s1. The molecule has 3 nitrogen and oxygen atoms in total. The molecule has 1 aromatic carbocycles. The second kappa shape index (κ2) is 6.10. The van der Waals surface area contributed by atoms with Gasteiger partial charge in [0.2, 0.25) is 0 Å². The minimum absolute atomic E-state index is 0.0148. The van der Waals surface area contributed by atoms with E-state index in [4.69, 9.17) is 16.3 Å². The molecule has 18 heavy (non-hydrogen) atoms. The van der Waals surface area contributed by atoms with Gasteiger partial charge in [-0.05, 0) is 51.8 Å². The van der Waals surface area contributed by atoms with Crippen LogP contribution >= 0.6 is 11.6 Å². The molecule has 1 rings (SSSR count). The van der Waals surface area contributed by atoms with Crippen molar-refractivity contribution in [2.75, 3.05) is 0 Å². The summed E-state index contributed by atoms with van der Waals surface area (Å²) in [6.07, 6.45) is 0.361. The molecule has 4 heteroatoms. The fourth-order valence-corrected chi connectivity index (χ4v) is 1.66. The van der Waals surface area contributed by atoms with Crippen molar-refractivity contribution in [1.82, 2.24) is 5.32 Å². The number of carbonyl (C=O) groups excluding carboxylic acids is 1. The molecule has 0 aliphatic rings. The maximum absolute atomic E-state index is 11.6. The molecule has 0 spiro atoms. The number of alkyl carbamates (subject to hydrolysis) is 1. The predicted molar refractivity (Wildman–Crippen MR) is 74.0 cm³/mol. The molecule has 0 aliphatic heterocycles. The Labute approximate surface area is 113 Å². The van der Waals surface area contributed by atoms with Crippen LogP contribution in [0, 0.1) is 0 Å². The van der Waals surface area contributed by atoms with E-state index in [-0.39, 0.29) is 12.1 Å². The minimum atomic E-state index is -0.468. The quantitative estimate of drug-likeness (QED) is 0.906. The zero-order valence-corrected chi connectivity index (χ0v) is 12.0. The fraction of sp³-hybridized carbons (Fsp3) is 0.500. The maximum Gasteiger partial charge on any atom is 0.407 e. The molecule has 1 atom stereocenters. The summed E-state index contributed by atoms with van der Waals surface area (Å²) < 4.78 is 5.19. The lowest BCUT2D eigenvalue weighted by Gasteiger charge is -2.22. The van der Waals surface area contributed by atoms with Crippen LogP contribution in [0.2, 0.25) is 5.02 Å². The lowest BCUT2D eigenvalue weighted by Crippen LogP contribution is -2.38. The molecule has 0 unspecified atom stereocenters. The zero-order valence-electron chi connectivity index (χ0n) is 11.3. The van der Waals surface area contributed by atoms with Gasteiger partial charge in [0.05, 0.1) is 0 Å². The molecule has 0 bridgehead atoms. The van der Waals surface area contributed by atoms with Crippen LogP contribution in [0.25, 0.3) is 0 Å². The second-order valence-electron chi connectivity index (χ2n) is 5.38. The first-order valence-electron chi connectivity index (χ1n) is 6.00. The monoisotopic (exact) mass is 269 g/mol. The largest absolute Gasteiger partial charge is 0.444 e. The summed E-state index contributed by atoms with van der Waals surface area (Å²) in [5, 5.41) is 3.52. The Morgan fingerprint density at radius 1 is 1.33 bits per heavy atom. The molecule has 1 N–H and O–H groups in total. The van der Waals surface area contributed by atoms with E-state index in [1.165, 1.54) is 0 Å². The molecule has 0 heterocycles. The summed E-state index contributed by atoms with van der Waals surface area (Å²) in [5.41, 5.74) is 0.660. The first-order valence-corrected chi connectivity index (χ1v) is 6.38. The highest BCUT2D eigenvalue weighted by Crippen LogP contribution is 2.11. The van der Waals surface area contributed by atoms with Gasteiger partial charge < -0.3 is 10.1 Å². The van der Waals surface area contributed by atoms with Crippen LogP contribution < -0.4 is 5.32 Å². The summed E-state index contributed by atoms with van der Waals surface area (Å²) in [6, 6.07) is 7.61. The number of halogens is 1. The maximum atomic E-state index is 11.6. The topological polar surface area (TPSA) is 38.3 Å². The SMILES string of the molecule is C[C@H](Cc1ccc(Cl)cc1)NC(=O)OC(C)(C)C. The van der Waals surface area contributed by atoms with Crippen molar-refractivity contribution in [3.05, 3.63) is 34.9 Å². The lowest BCUT2D eigenvalue weighted by atomic mass is 10.1. The van der Waals surface area contributed by atoms with Gasteiger partial charge in [-0.3, -0.25) is 0 Å². The van der Waals surface area contributed by atoms with Crippen molar-refractivity contribution in [2.45, 2.75) is 45.8 Å². The number of hydrogen-bond acceptors (Lipinski definition) is 2. The zero-order chi connectivity index (χ0) is 13.8. The van der Waals surface area contributed by atoms with Gasteiger partial charge in [-0.25, -0.2) is 4.79 Å². The van der Waals surface area contributed by atoms with Gasteiger partial charge in [-0.15, -0.1) is 0 Å². The third kappa shape index (κ3) is 5.92. The fourth-order valence-electron chi connectivity index (χ4n) is 1.53. The van der Waals surface area contributed by atoms with Crippen LogP contribution in [0.4, 0.5) is 4.79 Å². The molecule has 0 saturated carbocycles. The third-order valence-electron chi connectivity index (χ3n) is 2.22. The van der Waals surface area contributed by atoms with Crippen LogP contribution in [0.1, 0.15) is 33.3 Å². The van der Waals surface area contributed by atoms with E-state index < -0.39 is 5.60 Å². The van der Waals surface area contributed by atoms with Crippen molar-refractivity contribution < 1.29 is 9.53 Å². The molecule has 1 amide bonds. The van der Waals surface area contributed by atoms with Gasteiger partial charge in [0.25, 0.3) is 0 Å². The summed E-state index contributed by atoms with van der Waals surface area (Å²) in [4.78, 5) is 11.6. The third-order valence-corrected chi connectivity index (χ3v) is 2.47. The number of nitrogens with one attached hydrogen (secondary N) is 1. The van der Waals surface area contributed by atoms with Crippen molar-refractivity contribution >= 4 is 17.7 Å². The van der Waals surface area contributed by atoms with E-state index in [1.807, 2.05) is 52.0 Å². The Balaban J connectivity index is 2.44. The highest BCUT2D eigenvalue weighted by atomic mass is 35.5. The summed E-state index contributed by atoms with van der Waals surface area (Å²) in [6.45, 7) is 7.47. The molecule has 0 aliphatic carbocycles. The Morgan fingerprint density at radius 2 is 1.89 bits per heavy atom. The number of ether oxygens (including phenoxy) is 1. The van der Waals surface area contributed by atoms with Crippen molar-refractivity contribution in [2.24, 2.45) is 0 Å². The Bertz CT molecular complexity index is 395. The Hall–Kier alpha value is -1.22. The van der Waals surface area contributed by atoms with Crippen molar-refractivity contribution in [3.63, 3.8) is 0 Å². The summed E-state index contributed by atoms with van der Waals surface area (Å²) in [7, 11) is 0. The highest BCUT2D eigenvalue weighted by Gasteiger charge is 2.17. The van der Waals surface area contributed by atoms with Gasteiger partial charge in [-0.1, -0.05) is 23.7 Å². The average Bonchev–Trinajstić information content (AvgIpc) is 2.18. The molecular weight excluding hydrogens is 250 g/mol. The van der Waals surface area contributed by atoms with E-state index >= 15 is 0 Å². The lowest BCUT2D eigenvalue weighted by molar-refractivity contribution is 0.0508. The van der Waals surface area contributed by atoms with E-state index in [0.717, 1.165) is 12.0 Å². The minimum Gasteiger partial charge on any atom is -0.444 e. The van der Waals surface area contributed by atoms with E-state index in [0.29, 0.717) is 5.02 Å². The molecule has 0 radical (unpaired) electrons. The molecule has 1 aromatic rings. The van der Waals surface area contributed by atoms with Crippen molar-refractivity contribution in [3.8, 4) is 0 Å². The van der Waals surface area contributed by atoms with E-state index in [1.54, 1.807) is 0 Å². The average molecular weight is 270 g/mol. The summed E-state index contributed by atoms with van der Waals surface area (Å²) >= 11 is 5.82. The van der Waals surface area contributed by atoms with Gasteiger partial charge in [-0.2, -0.15) is 0 Å². The molecule has 0 fully saturated rings. The number of amides is 1. The first-order chi connectivity index (χ1) is 8.26. The molecular formula is C14H20ClNO2. The van der Waals surface area contributed by atoms with Crippen LogP contribution in [-0.2, 0) is 11.2 Å². The highest BCUT2D eigenvalue weighted by molar-refractivity contribution is 6.30. The van der Waals surface area contributed by atoms with Gasteiger partial charge in [0.1, 0.15) is 5.60 Å². The number of carbonyl (C=O) groups is 1. The van der Waals surface area contributed by atoms with Crippen molar-refractivity contribution in [1.29, 1.82) is 0 Å². The Morgan fingerprint density at radius 3 is 2.39 bits per heavy atom. The predicted octanol–water partition coefficient (Wildman–Crippen LogP) is 3.80. The molecule has 0 aromatic heterocycles. The smallest absolute Gasteiger partial charge is 0.407 e. The number of benzene rings is 1. The van der Waals surface area contributed by atoms with Crippen LogP contribution in [0.15, 0.2) is 24.3 Å². The molecule has 100 valence electrons. The van der Waals surface area contributed by atoms with Crippen LogP contribution in [-0.4, -0.2) is 17.7 Å².